The maximum absolute atomic E-state index is 2.25. The molecule has 0 unspecified atom stereocenters. The van der Waals surface area contributed by atoms with Crippen LogP contribution >= 0.6 is 0 Å². The van der Waals surface area contributed by atoms with Gasteiger partial charge in [-0.3, -0.25) is 0 Å². The third kappa shape index (κ3) is 4.90. The van der Waals surface area contributed by atoms with Crippen molar-refractivity contribution in [3.63, 3.8) is 0 Å². The summed E-state index contributed by atoms with van der Waals surface area (Å²) in [6.45, 7) is 4.50. The Hall–Kier alpha value is 0.753. The number of rotatable bonds is 4. The molecule has 0 amide bonds. The third-order valence-electron chi connectivity index (χ3n) is 1.10. The quantitative estimate of drug-likeness (QED) is 0.637. The Labute approximate surface area is 67.0 Å². The van der Waals surface area contributed by atoms with E-state index in [1.807, 2.05) is 0 Å². The van der Waals surface area contributed by atoms with Gasteiger partial charge in [0.25, 0.3) is 0 Å². The molecule has 0 aromatic rings. The Morgan fingerprint density at radius 1 is 1.12 bits per heavy atom. The molecule has 0 radical (unpaired) electrons. The second-order valence-electron chi connectivity index (χ2n) is 2.10. The molecule has 0 saturated carbocycles. The molecule has 0 aliphatic carbocycles. The molecule has 0 bridgehead atoms. The number of hydrogen-bond donors (Lipinski definition) is 0. The molecule has 0 nitrogen and oxygen atoms in total. The molecule has 0 aliphatic heterocycles. The Kier molecular flexibility index (Phi) is 6.44. The second-order valence-corrected chi connectivity index (χ2v) is 3.84. The fourth-order valence-electron chi connectivity index (χ4n) is 0.729. The summed E-state index contributed by atoms with van der Waals surface area (Å²) in [5.41, 5.74) is 0. The minimum atomic E-state index is 1.33. The fourth-order valence-corrected chi connectivity index (χ4v) is 1.96. The van der Waals surface area contributed by atoms with Crippen LogP contribution in [0.25, 0.3) is 0 Å². The van der Waals surface area contributed by atoms with Crippen LogP contribution in [0.3, 0.4) is 0 Å². The summed E-state index contributed by atoms with van der Waals surface area (Å²) in [5, 5.41) is 0. The molecule has 0 heterocycles. The van der Waals surface area contributed by atoms with Crippen LogP contribution in [0.2, 0.25) is 0 Å². The van der Waals surface area contributed by atoms with Crippen molar-refractivity contribution in [2.75, 3.05) is 0 Å². The first-order valence-electron chi connectivity index (χ1n) is 3.37. The van der Waals surface area contributed by atoms with Crippen LogP contribution in [0.4, 0.5) is 0 Å². The fraction of sp³-hybridized carbons (Fsp3) is 0.857. The molecule has 8 heavy (non-hydrogen) atoms. The summed E-state index contributed by atoms with van der Waals surface area (Å²) >= 11 is 1.65. The summed E-state index contributed by atoms with van der Waals surface area (Å²) in [7, 11) is 0. The maximum atomic E-state index is 2.25. The van der Waals surface area contributed by atoms with E-state index in [2.05, 4.69) is 13.8 Å². The van der Waals surface area contributed by atoms with Gasteiger partial charge in [0.2, 0.25) is 0 Å². The molecule has 0 aliphatic rings. The van der Waals surface area contributed by atoms with Gasteiger partial charge < -0.3 is 0 Å². The van der Waals surface area contributed by atoms with Crippen LogP contribution in [-0.2, 0) is 24.2 Å². The van der Waals surface area contributed by atoms with Crippen molar-refractivity contribution in [2.45, 2.75) is 39.5 Å². The summed E-state index contributed by atoms with van der Waals surface area (Å²) in [6.07, 6.45) is 5.40. The van der Waals surface area contributed by atoms with Crippen LogP contribution in [0.5, 0.6) is 0 Å². The van der Waals surface area contributed by atoms with Crippen molar-refractivity contribution in [2.24, 2.45) is 0 Å². The van der Waals surface area contributed by atoms with Crippen LogP contribution in [0, 0.1) is 0 Å². The second kappa shape index (κ2) is 5.88. The molecule has 0 rings (SSSR count). The van der Waals surface area contributed by atoms with E-state index in [-0.39, 0.29) is 0 Å². The first-order valence-corrected chi connectivity index (χ1v) is 4.60. The van der Waals surface area contributed by atoms with E-state index in [1.165, 1.54) is 25.7 Å². The molecule has 0 aromatic heterocycles. The molecule has 0 atom stereocenters. The van der Waals surface area contributed by atoms with Gasteiger partial charge in [-0.2, -0.15) is 0 Å². The van der Waals surface area contributed by atoms with E-state index in [4.69, 9.17) is 0 Å². The molecule has 44 valence electrons. The zero-order chi connectivity index (χ0) is 6.41. The number of hydrogen-bond acceptors (Lipinski definition) is 0. The first-order chi connectivity index (χ1) is 3.81. The standard InChI is InChI=1S/C7H14.Zr/c1-3-5-7-6-4-2;/h3-6H2,1-2H3;/q;+2. The molecular weight excluding hydrogens is 175 g/mol. The van der Waals surface area contributed by atoms with E-state index < -0.39 is 0 Å². The average Bonchev–Trinajstić information content (AvgIpc) is 1.68. The van der Waals surface area contributed by atoms with Gasteiger partial charge >= 0.3 is 67.0 Å². The van der Waals surface area contributed by atoms with Gasteiger partial charge in [-0.25, -0.2) is 0 Å². The monoisotopic (exact) mass is 188 g/mol. The topological polar surface area (TPSA) is 0 Å². The Balaban J connectivity index is 3.06. The SMILES string of the molecule is CCC[C](=[Zr+2])CCC. The molecule has 0 saturated heterocycles. The van der Waals surface area contributed by atoms with E-state index >= 15 is 0 Å². The summed E-state index contributed by atoms with van der Waals surface area (Å²) < 4.78 is 1.75. The molecule has 0 N–H and O–H groups in total. The van der Waals surface area contributed by atoms with Crippen molar-refractivity contribution in [1.82, 2.24) is 0 Å². The first kappa shape index (κ1) is 8.75. The Bertz CT molecular complexity index is 58.8. The van der Waals surface area contributed by atoms with Gasteiger partial charge in [0.15, 0.2) is 0 Å². The van der Waals surface area contributed by atoms with Gasteiger partial charge in [-0.15, -0.1) is 0 Å². The van der Waals surface area contributed by atoms with E-state index in [9.17, 15) is 0 Å². The van der Waals surface area contributed by atoms with Crippen molar-refractivity contribution in [1.29, 1.82) is 0 Å². The van der Waals surface area contributed by atoms with Crippen LogP contribution < -0.4 is 0 Å². The van der Waals surface area contributed by atoms with Gasteiger partial charge in [-0.05, 0) is 0 Å². The van der Waals surface area contributed by atoms with Crippen LogP contribution in [0.1, 0.15) is 39.5 Å². The third-order valence-corrected chi connectivity index (χ3v) is 2.33. The molecule has 0 spiro atoms. The van der Waals surface area contributed by atoms with Crippen LogP contribution in [0.15, 0.2) is 0 Å². The van der Waals surface area contributed by atoms with E-state index in [1.54, 1.807) is 27.4 Å². The molecular formula is C7H14Zr+2. The van der Waals surface area contributed by atoms with Gasteiger partial charge in [0, 0.05) is 0 Å². The predicted octanol–water partition coefficient (Wildman–Crippen LogP) is 2.31. The average molecular weight is 189 g/mol. The summed E-state index contributed by atoms with van der Waals surface area (Å²) in [6, 6.07) is 0. The predicted molar refractivity (Wildman–Crippen MR) is 34.8 cm³/mol. The Morgan fingerprint density at radius 3 is 1.75 bits per heavy atom. The molecule has 1 heteroatoms. The molecule has 0 fully saturated rings. The Morgan fingerprint density at radius 2 is 1.50 bits per heavy atom. The van der Waals surface area contributed by atoms with Gasteiger partial charge in [0.1, 0.15) is 0 Å². The van der Waals surface area contributed by atoms with Crippen molar-refractivity contribution < 1.29 is 24.2 Å². The van der Waals surface area contributed by atoms with Gasteiger partial charge in [-0.1, -0.05) is 0 Å². The van der Waals surface area contributed by atoms with Crippen molar-refractivity contribution in [3.8, 4) is 0 Å². The zero-order valence-electron chi connectivity index (χ0n) is 5.83. The van der Waals surface area contributed by atoms with Crippen molar-refractivity contribution in [3.05, 3.63) is 0 Å². The van der Waals surface area contributed by atoms with E-state index in [0.717, 1.165) is 0 Å². The van der Waals surface area contributed by atoms with Gasteiger partial charge in [0.05, 0.1) is 0 Å². The summed E-state index contributed by atoms with van der Waals surface area (Å²) in [4.78, 5) is 0. The molecule has 0 aromatic carbocycles. The zero-order valence-corrected chi connectivity index (χ0v) is 8.29. The van der Waals surface area contributed by atoms with Crippen molar-refractivity contribution >= 4 is 3.21 Å². The van der Waals surface area contributed by atoms with Crippen LogP contribution in [-0.4, -0.2) is 3.21 Å². The summed E-state index contributed by atoms with van der Waals surface area (Å²) in [5.74, 6) is 0. The minimum absolute atomic E-state index is 1.33. The van der Waals surface area contributed by atoms with E-state index in [0.29, 0.717) is 0 Å². The normalized spacial score (nSPS) is 9.50.